The standard InChI is InChI=1S/C9H7ClO2/c1-2-12-9-4-3-7(6-11)5-8(9)10/h2-6H,1H2. The highest BCUT2D eigenvalue weighted by Gasteiger charge is 2.00. The number of hydrogen-bond acceptors (Lipinski definition) is 2. The Bertz CT molecular complexity index is 307. The van der Waals surface area contributed by atoms with Gasteiger partial charge in [0.05, 0.1) is 11.3 Å². The second-order valence-electron chi connectivity index (χ2n) is 2.09. The van der Waals surface area contributed by atoms with Crippen molar-refractivity contribution in [2.45, 2.75) is 0 Å². The van der Waals surface area contributed by atoms with E-state index in [1.807, 2.05) is 0 Å². The fourth-order valence-electron chi connectivity index (χ4n) is 0.776. The zero-order chi connectivity index (χ0) is 8.97. The van der Waals surface area contributed by atoms with Crippen LogP contribution in [0.2, 0.25) is 5.02 Å². The fraction of sp³-hybridized carbons (Fsp3) is 0. The van der Waals surface area contributed by atoms with Crippen LogP contribution in [0.1, 0.15) is 10.4 Å². The lowest BCUT2D eigenvalue weighted by Crippen LogP contribution is -1.84. The van der Waals surface area contributed by atoms with Crippen LogP contribution in [-0.2, 0) is 0 Å². The number of ether oxygens (including phenoxy) is 1. The van der Waals surface area contributed by atoms with Gasteiger partial charge < -0.3 is 4.74 Å². The highest BCUT2D eigenvalue weighted by atomic mass is 35.5. The quantitative estimate of drug-likeness (QED) is 0.531. The number of aldehydes is 1. The number of rotatable bonds is 3. The van der Waals surface area contributed by atoms with E-state index in [9.17, 15) is 4.79 Å². The van der Waals surface area contributed by atoms with Gasteiger partial charge in [-0.3, -0.25) is 4.79 Å². The van der Waals surface area contributed by atoms with Crippen LogP contribution in [-0.4, -0.2) is 6.29 Å². The molecule has 2 nitrogen and oxygen atoms in total. The van der Waals surface area contributed by atoms with Crippen molar-refractivity contribution in [2.75, 3.05) is 0 Å². The maximum Gasteiger partial charge on any atom is 0.150 e. The monoisotopic (exact) mass is 182 g/mol. The highest BCUT2D eigenvalue weighted by Crippen LogP contribution is 2.24. The molecule has 0 N–H and O–H groups in total. The molecule has 0 atom stereocenters. The van der Waals surface area contributed by atoms with Crippen LogP contribution >= 0.6 is 11.6 Å². The summed E-state index contributed by atoms with van der Waals surface area (Å²) in [7, 11) is 0. The third-order valence-corrected chi connectivity index (χ3v) is 1.60. The van der Waals surface area contributed by atoms with E-state index in [1.54, 1.807) is 12.1 Å². The van der Waals surface area contributed by atoms with Crippen LogP contribution in [0.5, 0.6) is 5.75 Å². The second kappa shape index (κ2) is 3.93. The molecular formula is C9H7ClO2. The first-order chi connectivity index (χ1) is 5.77. The minimum absolute atomic E-state index is 0.402. The molecule has 0 fully saturated rings. The van der Waals surface area contributed by atoms with Gasteiger partial charge in [-0.1, -0.05) is 18.2 Å². The van der Waals surface area contributed by atoms with E-state index in [0.717, 1.165) is 6.29 Å². The van der Waals surface area contributed by atoms with E-state index < -0.39 is 0 Å². The maximum atomic E-state index is 10.3. The van der Waals surface area contributed by atoms with Crippen LogP contribution in [0.15, 0.2) is 31.0 Å². The van der Waals surface area contributed by atoms with Gasteiger partial charge in [0, 0.05) is 5.56 Å². The molecule has 0 unspecified atom stereocenters. The van der Waals surface area contributed by atoms with E-state index in [4.69, 9.17) is 16.3 Å². The van der Waals surface area contributed by atoms with Crippen LogP contribution in [0, 0.1) is 0 Å². The summed E-state index contributed by atoms with van der Waals surface area (Å²) in [5.74, 6) is 0.497. The first-order valence-corrected chi connectivity index (χ1v) is 3.68. The molecule has 0 aliphatic carbocycles. The van der Waals surface area contributed by atoms with Crippen molar-refractivity contribution in [1.29, 1.82) is 0 Å². The first kappa shape index (κ1) is 8.81. The lowest BCUT2D eigenvalue weighted by Gasteiger charge is -2.01. The third-order valence-electron chi connectivity index (χ3n) is 1.30. The van der Waals surface area contributed by atoms with Crippen LogP contribution < -0.4 is 4.74 Å². The normalized spacial score (nSPS) is 9.08. The molecule has 1 aromatic rings. The molecule has 0 aromatic heterocycles. The van der Waals surface area contributed by atoms with E-state index in [2.05, 4.69) is 6.58 Å². The molecule has 0 heterocycles. The van der Waals surface area contributed by atoms with Crippen molar-refractivity contribution >= 4 is 17.9 Å². The molecule has 0 radical (unpaired) electrons. The Morgan fingerprint density at radius 3 is 2.75 bits per heavy atom. The molecule has 0 spiro atoms. The summed E-state index contributed by atoms with van der Waals surface area (Å²) < 4.78 is 4.95. The molecule has 0 aliphatic heterocycles. The predicted molar refractivity (Wildman–Crippen MR) is 47.7 cm³/mol. The Hall–Kier alpha value is -1.28. The number of halogens is 1. The number of carbonyl (C=O) groups excluding carboxylic acids is 1. The van der Waals surface area contributed by atoms with E-state index in [0.29, 0.717) is 16.3 Å². The molecule has 12 heavy (non-hydrogen) atoms. The van der Waals surface area contributed by atoms with Gasteiger partial charge in [0.25, 0.3) is 0 Å². The minimum atomic E-state index is 0.402. The summed E-state index contributed by atoms with van der Waals surface area (Å²) in [6.45, 7) is 3.39. The van der Waals surface area contributed by atoms with Gasteiger partial charge in [0.2, 0.25) is 0 Å². The van der Waals surface area contributed by atoms with Crippen molar-refractivity contribution in [2.24, 2.45) is 0 Å². The van der Waals surface area contributed by atoms with Crippen molar-refractivity contribution in [3.8, 4) is 5.75 Å². The molecular weight excluding hydrogens is 176 g/mol. The first-order valence-electron chi connectivity index (χ1n) is 3.30. The number of hydrogen-bond donors (Lipinski definition) is 0. The molecule has 1 aromatic carbocycles. The lowest BCUT2D eigenvalue weighted by atomic mass is 10.2. The van der Waals surface area contributed by atoms with Crippen LogP contribution in [0.3, 0.4) is 0 Å². The summed E-state index contributed by atoms with van der Waals surface area (Å²) in [5.41, 5.74) is 0.524. The molecule has 62 valence electrons. The number of carbonyl (C=O) groups is 1. The average Bonchev–Trinajstić information content (AvgIpc) is 2.09. The summed E-state index contributed by atoms with van der Waals surface area (Å²) in [4.78, 5) is 10.3. The van der Waals surface area contributed by atoms with Gasteiger partial charge in [-0.15, -0.1) is 0 Å². The van der Waals surface area contributed by atoms with Gasteiger partial charge in [-0.05, 0) is 18.2 Å². The van der Waals surface area contributed by atoms with E-state index in [-0.39, 0.29) is 0 Å². The number of benzene rings is 1. The smallest absolute Gasteiger partial charge is 0.150 e. The van der Waals surface area contributed by atoms with Gasteiger partial charge in [-0.2, -0.15) is 0 Å². The summed E-state index contributed by atoms with van der Waals surface area (Å²) in [6.07, 6.45) is 2.01. The Labute approximate surface area is 75.4 Å². The van der Waals surface area contributed by atoms with Gasteiger partial charge >= 0.3 is 0 Å². The summed E-state index contributed by atoms with van der Waals surface area (Å²) in [5, 5.41) is 0.402. The minimum Gasteiger partial charge on any atom is -0.464 e. The van der Waals surface area contributed by atoms with Crippen LogP contribution in [0.4, 0.5) is 0 Å². The Morgan fingerprint density at radius 2 is 2.25 bits per heavy atom. The SMILES string of the molecule is C=COc1ccc(C=O)cc1Cl. The Morgan fingerprint density at radius 1 is 1.50 bits per heavy atom. The Kier molecular flexibility index (Phi) is 2.88. The van der Waals surface area contributed by atoms with E-state index in [1.165, 1.54) is 12.3 Å². The van der Waals surface area contributed by atoms with E-state index >= 15 is 0 Å². The third kappa shape index (κ3) is 1.86. The Balaban J connectivity index is 3.02. The molecule has 0 bridgehead atoms. The van der Waals surface area contributed by atoms with Crippen molar-refractivity contribution < 1.29 is 9.53 Å². The van der Waals surface area contributed by atoms with Gasteiger partial charge in [0.15, 0.2) is 0 Å². The van der Waals surface area contributed by atoms with Crippen LogP contribution in [0.25, 0.3) is 0 Å². The van der Waals surface area contributed by atoms with Gasteiger partial charge in [0.1, 0.15) is 12.0 Å². The van der Waals surface area contributed by atoms with Gasteiger partial charge in [-0.25, -0.2) is 0 Å². The highest BCUT2D eigenvalue weighted by molar-refractivity contribution is 6.32. The molecule has 0 aliphatic rings. The molecule has 0 saturated carbocycles. The fourth-order valence-corrected chi connectivity index (χ4v) is 1.01. The van der Waals surface area contributed by atoms with Crippen molar-refractivity contribution in [3.63, 3.8) is 0 Å². The lowest BCUT2D eigenvalue weighted by molar-refractivity contribution is 0.112. The molecule has 3 heteroatoms. The molecule has 1 rings (SSSR count). The predicted octanol–water partition coefficient (Wildman–Crippen LogP) is 2.67. The van der Waals surface area contributed by atoms with Crippen molar-refractivity contribution in [3.05, 3.63) is 41.6 Å². The largest absolute Gasteiger partial charge is 0.464 e. The molecule has 0 amide bonds. The molecule has 0 saturated heterocycles. The summed E-state index contributed by atoms with van der Waals surface area (Å²) in [6, 6.07) is 4.78. The topological polar surface area (TPSA) is 26.3 Å². The maximum absolute atomic E-state index is 10.3. The zero-order valence-corrected chi connectivity index (χ0v) is 7.04. The summed E-state index contributed by atoms with van der Waals surface area (Å²) >= 11 is 5.76. The zero-order valence-electron chi connectivity index (χ0n) is 6.29. The van der Waals surface area contributed by atoms with Crippen molar-refractivity contribution in [1.82, 2.24) is 0 Å². The average molecular weight is 183 g/mol. The second-order valence-corrected chi connectivity index (χ2v) is 2.50.